The standard InChI is InChI=1S/C37H42ClF2N3O6S/c1-8-18-50(47,48)43(17-9-10-30(44)36(2,3)4)29-16-15-28(39)31(32(29)40)33(45)27-21-42(22-49-35(46)37(5,6)7)34-26(27)19-24(20-41-34)23-11-13-25(38)14-12-23/h11-16,19-21H,8-10,17-18,22H2,1-7H3. The molecule has 0 radical (unpaired) electrons. The third-order valence-corrected chi connectivity index (χ3v) is 10.3. The average molecular weight is 730 g/mol. The monoisotopic (exact) mass is 729 g/mol. The molecule has 13 heteroatoms. The van der Waals surface area contributed by atoms with Gasteiger partial charge in [-0.2, -0.15) is 0 Å². The minimum absolute atomic E-state index is 0.0402. The molecule has 50 heavy (non-hydrogen) atoms. The number of halogens is 3. The Kier molecular flexibility index (Phi) is 11.6. The average Bonchev–Trinajstić information content (AvgIpc) is 3.39. The number of rotatable bonds is 13. The zero-order valence-electron chi connectivity index (χ0n) is 29.3. The number of ketones is 2. The minimum atomic E-state index is -4.12. The summed E-state index contributed by atoms with van der Waals surface area (Å²) in [6, 6.07) is 10.3. The summed E-state index contributed by atoms with van der Waals surface area (Å²) >= 11 is 6.06. The van der Waals surface area contributed by atoms with Crippen LogP contribution < -0.4 is 4.31 Å². The summed E-state index contributed by atoms with van der Waals surface area (Å²) in [7, 11) is -4.12. The number of nitrogens with zero attached hydrogens (tertiary/aromatic N) is 3. The molecule has 2 heterocycles. The number of anilines is 1. The van der Waals surface area contributed by atoms with Gasteiger partial charge in [0.15, 0.2) is 12.5 Å². The second-order valence-electron chi connectivity index (χ2n) is 14.2. The van der Waals surface area contributed by atoms with Crippen LogP contribution >= 0.6 is 11.6 Å². The first-order valence-corrected chi connectivity index (χ1v) is 18.2. The summed E-state index contributed by atoms with van der Waals surface area (Å²) in [6.07, 6.45) is 3.19. The summed E-state index contributed by atoms with van der Waals surface area (Å²) < 4.78 is 66.5. The van der Waals surface area contributed by atoms with Gasteiger partial charge in [-0.05, 0) is 69.5 Å². The molecule has 0 unspecified atom stereocenters. The van der Waals surface area contributed by atoms with E-state index in [4.69, 9.17) is 16.3 Å². The number of sulfonamides is 1. The molecular weight excluding hydrogens is 688 g/mol. The molecule has 0 fully saturated rings. The quantitative estimate of drug-likeness (QED) is 0.100. The van der Waals surface area contributed by atoms with Gasteiger partial charge in [0, 0.05) is 46.7 Å². The van der Waals surface area contributed by atoms with Crippen LogP contribution in [0, 0.1) is 22.5 Å². The van der Waals surface area contributed by atoms with E-state index in [2.05, 4.69) is 4.98 Å². The largest absolute Gasteiger partial charge is 0.443 e. The normalized spacial score (nSPS) is 12.3. The van der Waals surface area contributed by atoms with Crippen LogP contribution in [0.4, 0.5) is 14.5 Å². The number of fused-ring (bicyclic) bond motifs is 1. The first-order chi connectivity index (χ1) is 23.3. The fraction of sp³-hybridized carbons (Fsp3) is 0.405. The number of Topliss-reactive ketones (excluding diaryl/α,β-unsaturated/α-hetero) is 1. The van der Waals surface area contributed by atoms with Gasteiger partial charge in [0.05, 0.1) is 28.0 Å². The Morgan fingerprint density at radius 2 is 1.62 bits per heavy atom. The lowest BCUT2D eigenvalue weighted by Crippen LogP contribution is -2.35. The van der Waals surface area contributed by atoms with E-state index in [9.17, 15) is 22.8 Å². The van der Waals surface area contributed by atoms with Crippen LogP contribution in [0.5, 0.6) is 0 Å². The van der Waals surface area contributed by atoms with E-state index < -0.39 is 55.5 Å². The fourth-order valence-corrected chi connectivity index (χ4v) is 6.92. The molecule has 2 aromatic carbocycles. The summed E-state index contributed by atoms with van der Waals surface area (Å²) in [4.78, 5) is 43.9. The van der Waals surface area contributed by atoms with E-state index in [0.29, 0.717) is 16.1 Å². The first kappa shape index (κ1) is 38.6. The molecular formula is C37H42ClF2N3O6S. The number of hydrogen-bond donors (Lipinski definition) is 0. The maximum atomic E-state index is 16.5. The molecule has 0 aliphatic rings. The molecule has 0 aliphatic carbocycles. The van der Waals surface area contributed by atoms with Crippen molar-refractivity contribution >= 4 is 55.9 Å². The molecule has 4 rings (SSSR count). The first-order valence-electron chi connectivity index (χ1n) is 16.2. The summed E-state index contributed by atoms with van der Waals surface area (Å²) in [5.74, 6) is -4.59. The number of carbonyl (C=O) groups excluding carboxylic acids is 3. The lowest BCUT2D eigenvalue weighted by molar-refractivity contribution is -0.156. The van der Waals surface area contributed by atoms with Gasteiger partial charge in [-0.15, -0.1) is 0 Å². The third kappa shape index (κ3) is 8.58. The van der Waals surface area contributed by atoms with Crippen molar-refractivity contribution in [2.24, 2.45) is 10.8 Å². The Labute approximate surface area is 296 Å². The van der Waals surface area contributed by atoms with Crippen LogP contribution in [0.25, 0.3) is 22.2 Å². The highest BCUT2D eigenvalue weighted by Gasteiger charge is 2.32. The lowest BCUT2D eigenvalue weighted by Gasteiger charge is -2.26. The van der Waals surface area contributed by atoms with Crippen LogP contribution in [-0.4, -0.2) is 47.8 Å². The van der Waals surface area contributed by atoms with Crippen molar-refractivity contribution in [1.29, 1.82) is 0 Å². The molecule has 0 spiro atoms. The van der Waals surface area contributed by atoms with Crippen LogP contribution in [0.1, 0.15) is 83.7 Å². The molecule has 0 amide bonds. The van der Waals surface area contributed by atoms with Crippen molar-refractivity contribution in [1.82, 2.24) is 9.55 Å². The molecule has 0 saturated carbocycles. The van der Waals surface area contributed by atoms with Gasteiger partial charge in [0.25, 0.3) is 0 Å². The molecule has 0 saturated heterocycles. The van der Waals surface area contributed by atoms with Crippen LogP contribution in [0.3, 0.4) is 0 Å². The Bertz CT molecular complexity index is 2030. The number of hydrogen-bond acceptors (Lipinski definition) is 7. The highest BCUT2D eigenvalue weighted by atomic mass is 35.5. The third-order valence-electron chi connectivity index (χ3n) is 8.05. The molecule has 9 nitrogen and oxygen atoms in total. The Morgan fingerprint density at radius 1 is 0.960 bits per heavy atom. The highest BCUT2D eigenvalue weighted by molar-refractivity contribution is 7.92. The van der Waals surface area contributed by atoms with E-state index in [1.807, 2.05) is 0 Å². The maximum Gasteiger partial charge on any atom is 0.312 e. The Hall–Kier alpha value is -4.16. The van der Waals surface area contributed by atoms with E-state index >= 15 is 8.78 Å². The zero-order valence-corrected chi connectivity index (χ0v) is 30.8. The molecule has 268 valence electrons. The van der Waals surface area contributed by atoms with Gasteiger partial charge < -0.3 is 4.74 Å². The van der Waals surface area contributed by atoms with E-state index in [0.717, 1.165) is 16.4 Å². The van der Waals surface area contributed by atoms with Crippen molar-refractivity contribution in [3.63, 3.8) is 0 Å². The highest BCUT2D eigenvalue weighted by Crippen LogP contribution is 2.33. The smallest absolute Gasteiger partial charge is 0.312 e. The predicted molar refractivity (Wildman–Crippen MR) is 191 cm³/mol. The van der Waals surface area contributed by atoms with Crippen LogP contribution in [0.2, 0.25) is 5.02 Å². The molecule has 0 aliphatic heterocycles. The number of aromatic nitrogens is 2. The fourth-order valence-electron chi connectivity index (χ4n) is 5.21. The van der Waals surface area contributed by atoms with E-state index in [-0.39, 0.29) is 60.7 Å². The number of esters is 1. The zero-order chi connectivity index (χ0) is 37.2. The minimum Gasteiger partial charge on any atom is -0.443 e. The van der Waals surface area contributed by atoms with E-state index in [1.54, 1.807) is 85.0 Å². The predicted octanol–water partition coefficient (Wildman–Crippen LogP) is 8.35. The Morgan fingerprint density at radius 3 is 2.22 bits per heavy atom. The molecule has 4 aromatic rings. The number of carbonyl (C=O) groups is 3. The van der Waals surface area contributed by atoms with Gasteiger partial charge in [0.1, 0.15) is 17.2 Å². The van der Waals surface area contributed by atoms with Gasteiger partial charge in [-0.1, -0.05) is 51.4 Å². The summed E-state index contributed by atoms with van der Waals surface area (Å²) in [5.41, 5.74) is -1.61. The number of ether oxygens (including phenoxy) is 1. The van der Waals surface area contributed by atoms with Crippen molar-refractivity contribution in [2.75, 3.05) is 16.6 Å². The van der Waals surface area contributed by atoms with Crippen molar-refractivity contribution in [3.05, 3.63) is 82.6 Å². The topological polar surface area (TPSA) is 116 Å². The van der Waals surface area contributed by atoms with Crippen LogP contribution in [-0.2, 0) is 31.1 Å². The lowest BCUT2D eigenvalue weighted by atomic mass is 9.88. The molecule has 0 N–H and O–H groups in total. The summed E-state index contributed by atoms with van der Waals surface area (Å²) in [6.45, 7) is 11.3. The second kappa shape index (κ2) is 15.0. The van der Waals surface area contributed by atoms with Crippen molar-refractivity contribution in [2.45, 2.75) is 74.5 Å². The van der Waals surface area contributed by atoms with Gasteiger partial charge in [-0.3, -0.25) is 23.3 Å². The second-order valence-corrected chi connectivity index (χ2v) is 16.6. The molecule has 0 atom stereocenters. The van der Waals surface area contributed by atoms with Gasteiger partial charge in [-0.25, -0.2) is 22.2 Å². The Balaban J connectivity index is 1.84. The van der Waals surface area contributed by atoms with Crippen molar-refractivity contribution < 1.29 is 36.3 Å². The van der Waals surface area contributed by atoms with E-state index in [1.165, 1.54) is 10.8 Å². The number of benzene rings is 2. The van der Waals surface area contributed by atoms with Gasteiger partial charge in [0.2, 0.25) is 15.8 Å². The van der Waals surface area contributed by atoms with Gasteiger partial charge >= 0.3 is 5.97 Å². The van der Waals surface area contributed by atoms with Crippen molar-refractivity contribution in [3.8, 4) is 11.1 Å². The number of pyridine rings is 1. The molecule has 2 aromatic heterocycles. The summed E-state index contributed by atoms with van der Waals surface area (Å²) in [5, 5.41) is 0.724. The maximum absolute atomic E-state index is 16.5. The molecule has 0 bridgehead atoms. The van der Waals surface area contributed by atoms with Crippen LogP contribution in [0.15, 0.2) is 54.9 Å². The SMILES string of the molecule is CCCS(=O)(=O)N(CCCC(=O)C(C)(C)C)c1ccc(F)c(C(=O)c2cn(COC(=O)C(C)(C)C)c3ncc(-c4ccc(Cl)cc4)cc23)c1F.